The van der Waals surface area contributed by atoms with Crippen LogP contribution in [0.25, 0.3) is 0 Å². The van der Waals surface area contributed by atoms with Gasteiger partial charge in [0.1, 0.15) is 0 Å². The molecule has 1 N–H and O–H groups in total. The average molecular weight is 217 g/mol. The maximum Gasteiger partial charge on any atom is 0.0592 e. The quantitative estimate of drug-likeness (QED) is 0.835. The number of nitrogens with zero attached hydrogens (tertiary/aromatic N) is 2. The summed E-state index contributed by atoms with van der Waals surface area (Å²) < 4.78 is 0. The van der Waals surface area contributed by atoms with Gasteiger partial charge in [-0.25, -0.2) is 0 Å². The SMILES string of the molecule is CCN(CC)c1ccc(N2CC=CN2)cc1. The highest BCUT2D eigenvalue weighted by molar-refractivity contribution is 5.56. The first-order valence-corrected chi connectivity index (χ1v) is 5.89. The standard InChI is InChI=1S/C13H19N3/c1-3-15(4-2)12-6-8-13(9-7-12)16-11-5-10-14-16/h5-10,14H,3-4,11H2,1-2H3. The monoisotopic (exact) mass is 217 g/mol. The van der Waals surface area contributed by atoms with Crippen LogP contribution in [0.3, 0.4) is 0 Å². The highest BCUT2D eigenvalue weighted by atomic mass is 15.5. The van der Waals surface area contributed by atoms with E-state index in [0.29, 0.717) is 0 Å². The number of rotatable bonds is 4. The first-order valence-electron chi connectivity index (χ1n) is 5.89. The van der Waals surface area contributed by atoms with Crippen LogP contribution in [0.4, 0.5) is 11.4 Å². The molecule has 1 aromatic rings. The van der Waals surface area contributed by atoms with Crippen LogP contribution in [0.5, 0.6) is 0 Å². The van der Waals surface area contributed by atoms with Crippen molar-refractivity contribution in [3.05, 3.63) is 36.5 Å². The lowest BCUT2D eigenvalue weighted by Gasteiger charge is -2.23. The van der Waals surface area contributed by atoms with Crippen molar-refractivity contribution >= 4 is 11.4 Å². The minimum atomic E-state index is 0.935. The van der Waals surface area contributed by atoms with Gasteiger partial charge >= 0.3 is 0 Å². The Labute approximate surface area is 97.3 Å². The molecule has 16 heavy (non-hydrogen) atoms. The highest BCUT2D eigenvalue weighted by Gasteiger charge is 2.07. The topological polar surface area (TPSA) is 18.5 Å². The molecule has 1 heterocycles. The van der Waals surface area contributed by atoms with Gasteiger partial charge in [0.05, 0.1) is 12.2 Å². The molecule has 1 aliphatic rings. The van der Waals surface area contributed by atoms with Gasteiger partial charge < -0.3 is 10.3 Å². The minimum Gasteiger partial charge on any atom is -0.372 e. The van der Waals surface area contributed by atoms with Crippen LogP contribution in [0.2, 0.25) is 0 Å². The van der Waals surface area contributed by atoms with Crippen LogP contribution in [0, 0.1) is 0 Å². The van der Waals surface area contributed by atoms with Crippen LogP contribution in [0.15, 0.2) is 36.5 Å². The van der Waals surface area contributed by atoms with E-state index in [2.05, 4.69) is 59.5 Å². The molecule has 0 radical (unpaired) electrons. The summed E-state index contributed by atoms with van der Waals surface area (Å²) in [7, 11) is 0. The number of hydrogen-bond donors (Lipinski definition) is 1. The van der Waals surface area contributed by atoms with Gasteiger partial charge in [-0.3, -0.25) is 5.01 Å². The average Bonchev–Trinajstić information content (AvgIpc) is 2.85. The van der Waals surface area contributed by atoms with Gasteiger partial charge in [0.15, 0.2) is 0 Å². The van der Waals surface area contributed by atoms with Gasteiger partial charge in [-0.15, -0.1) is 0 Å². The normalized spacial score (nSPS) is 14.0. The number of hydrogen-bond acceptors (Lipinski definition) is 3. The van der Waals surface area contributed by atoms with Gasteiger partial charge in [-0.2, -0.15) is 0 Å². The second kappa shape index (κ2) is 4.92. The molecule has 0 unspecified atom stereocenters. The summed E-state index contributed by atoms with van der Waals surface area (Å²) in [6, 6.07) is 8.69. The zero-order valence-electron chi connectivity index (χ0n) is 9.98. The molecule has 2 rings (SSSR count). The van der Waals surface area contributed by atoms with Gasteiger partial charge in [0.25, 0.3) is 0 Å². The minimum absolute atomic E-state index is 0.935. The van der Waals surface area contributed by atoms with Crippen LogP contribution in [-0.2, 0) is 0 Å². The molecule has 3 heteroatoms. The molecule has 0 saturated carbocycles. The summed E-state index contributed by atoms with van der Waals surface area (Å²) in [4.78, 5) is 2.35. The smallest absolute Gasteiger partial charge is 0.0592 e. The Bertz CT molecular complexity index is 323. The summed E-state index contributed by atoms with van der Waals surface area (Å²) in [5.74, 6) is 0. The molecule has 1 aromatic carbocycles. The third-order valence-corrected chi connectivity index (χ3v) is 2.93. The molecule has 86 valence electrons. The number of hydrazine groups is 1. The van der Waals surface area contributed by atoms with Crippen molar-refractivity contribution in [3.63, 3.8) is 0 Å². The first kappa shape index (κ1) is 10.9. The van der Waals surface area contributed by atoms with Crippen molar-refractivity contribution in [1.82, 2.24) is 5.43 Å². The van der Waals surface area contributed by atoms with E-state index in [4.69, 9.17) is 0 Å². The molecule has 0 fully saturated rings. The van der Waals surface area contributed by atoms with Crippen LogP contribution >= 0.6 is 0 Å². The Balaban J connectivity index is 2.09. The Hall–Kier alpha value is -1.64. The van der Waals surface area contributed by atoms with E-state index >= 15 is 0 Å². The first-order chi connectivity index (χ1) is 7.85. The summed E-state index contributed by atoms with van der Waals surface area (Å²) in [6.45, 7) is 7.41. The lowest BCUT2D eigenvalue weighted by Crippen LogP contribution is -2.29. The summed E-state index contributed by atoms with van der Waals surface area (Å²) in [5, 5.41) is 2.12. The van der Waals surface area contributed by atoms with Gasteiger partial charge in [-0.1, -0.05) is 0 Å². The molecule has 0 saturated heterocycles. The Morgan fingerprint density at radius 3 is 2.38 bits per heavy atom. The van der Waals surface area contributed by atoms with Crippen molar-refractivity contribution in [3.8, 4) is 0 Å². The third-order valence-electron chi connectivity index (χ3n) is 2.93. The number of nitrogens with one attached hydrogen (secondary N) is 1. The molecule has 1 aliphatic heterocycles. The van der Waals surface area contributed by atoms with Gasteiger partial charge in [0.2, 0.25) is 0 Å². The molecule has 0 aliphatic carbocycles. The Kier molecular flexibility index (Phi) is 3.34. The lowest BCUT2D eigenvalue weighted by molar-refractivity contribution is 0.837. The summed E-state index contributed by atoms with van der Waals surface area (Å²) >= 11 is 0. The van der Waals surface area contributed by atoms with Crippen molar-refractivity contribution in [2.24, 2.45) is 0 Å². The van der Waals surface area contributed by atoms with Crippen molar-refractivity contribution < 1.29 is 0 Å². The molecule has 0 atom stereocenters. The van der Waals surface area contributed by atoms with Crippen LogP contribution in [-0.4, -0.2) is 19.6 Å². The largest absolute Gasteiger partial charge is 0.372 e. The van der Waals surface area contributed by atoms with Crippen molar-refractivity contribution in [2.75, 3.05) is 29.5 Å². The molecular weight excluding hydrogens is 198 g/mol. The van der Waals surface area contributed by atoms with E-state index in [1.54, 1.807) is 0 Å². The highest BCUT2D eigenvalue weighted by Crippen LogP contribution is 2.20. The zero-order valence-corrected chi connectivity index (χ0v) is 9.98. The fourth-order valence-corrected chi connectivity index (χ4v) is 1.97. The predicted octanol–water partition coefficient (Wildman–Crippen LogP) is 2.37. The van der Waals surface area contributed by atoms with Crippen LogP contribution < -0.4 is 15.3 Å². The van der Waals surface area contributed by atoms with E-state index in [-0.39, 0.29) is 0 Å². The fraction of sp³-hybridized carbons (Fsp3) is 0.385. The number of anilines is 2. The van der Waals surface area contributed by atoms with E-state index in [9.17, 15) is 0 Å². The molecule has 0 spiro atoms. The second-order valence-corrected chi connectivity index (χ2v) is 3.83. The van der Waals surface area contributed by atoms with E-state index in [1.807, 2.05) is 6.20 Å². The van der Waals surface area contributed by atoms with Gasteiger partial charge in [0, 0.05) is 25.0 Å². The molecular formula is C13H19N3. The van der Waals surface area contributed by atoms with Crippen LogP contribution in [0.1, 0.15) is 13.8 Å². The fourth-order valence-electron chi connectivity index (χ4n) is 1.97. The van der Waals surface area contributed by atoms with Gasteiger partial charge in [-0.05, 0) is 44.2 Å². The molecule has 0 bridgehead atoms. The van der Waals surface area contributed by atoms with Crippen molar-refractivity contribution in [2.45, 2.75) is 13.8 Å². The third kappa shape index (κ3) is 2.13. The lowest BCUT2D eigenvalue weighted by atomic mass is 10.2. The Morgan fingerprint density at radius 2 is 1.88 bits per heavy atom. The molecule has 0 aromatic heterocycles. The summed E-state index contributed by atoms with van der Waals surface area (Å²) in [6.07, 6.45) is 4.08. The molecule has 3 nitrogen and oxygen atoms in total. The Morgan fingerprint density at radius 1 is 1.19 bits per heavy atom. The predicted molar refractivity (Wildman–Crippen MR) is 69.6 cm³/mol. The second-order valence-electron chi connectivity index (χ2n) is 3.83. The van der Waals surface area contributed by atoms with E-state index in [1.165, 1.54) is 11.4 Å². The number of benzene rings is 1. The van der Waals surface area contributed by atoms with E-state index in [0.717, 1.165) is 19.6 Å². The maximum atomic E-state index is 3.19. The summed E-state index contributed by atoms with van der Waals surface area (Å²) in [5.41, 5.74) is 5.69. The van der Waals surface area contributed by atoms with Crippen molar-refractivity contribution in [1.29, 1.82) is 0 Å². The molecule has 0 amide bonds. The van der Waals surface area contributed by atoms with E-state index < -0.39 is 0 Å². The zero-order chi connectivity index (χ0) is 11.4. The maximum absolute atomic E-state index is 3.19.